The second kappa shape index (κ2) is 14.1. The molecule has 3 aromatic heterocycles. The number of nitrogens with zero attached hydrogens (tertiary/aromatic N) is 5. The van der Waals surface area contributed by atoms with E-state index in [1.807, 2.05) is 92.6 Å². The Balaban J connectivity index is 0.000000187. The number of aryl methyl sites for hydroxylation is 1. The number of H-pyrrole nitrogens is 1. The Labute approximate surface area is 239 Å². The van der Waals surface area contributed by atoms with E-state index in [0.29, 0.717) is 22.3 Å². The number of carboxylic acids is 1. The zero-order valence-electron chi connectivity index (χ0n) is 23.7. The zero-order chi connectivity index (χ0) is 29.9. The molecule has 0 saturated carbocycles. The van der Waals surface area contributed by atoms with Gasteiger partial charge in [0.05, 0.1) is 34.4 Å². The van der Waals surface area contributed by atoms with Gasteiger partial charge in [-0.25, -0.2) is 9.64 Å². The summed E-state index contributed by atoms with van der Waals surface area (Å²) >= 11 is 0. The van der Waals surface area contributed by atoms with Crippen LogP contribution < -0.4 is 15.4 Å². The summed E-state index contributed by atoms with van der Waals surface area (Å²) < 4.78 is 0. The first-order chi connectivity index (χ1) is 19.6. The Morgan fingerprint density at radius 3 is 1.93 bits per heavy atom. The number of anilines is 2. The lowest BCUT2D eigenvalue weighted by Gasteiger charge is -2.12. The molecule has 0 atom stereocenters. The maximum atomic E-state index is 12.0. The molecule has 5 aromatic rings. The summed E-state index contributed by atoms with van der Waals surface area (Å²) in [6.07, 6.45) is 3.27. The number of aromatic nitrogens is 3. The fourth-order valence-electron chi connectivity index (χ4n) is 3.72. The highest BCUT2D eigenvalue weighted by Crippen LogP contribution is 2.22. The largest absolute Gasteiger partial charge is 0.478 e. The van der Waals surface area contributed by atoms with Crippen LogP contribution in [0.2, 0.25) is 0 Å². The molecule has 0 saturated heterocycles. The number of carboxylic acid groups (broad SMARTS) is 1. The van der Waals surface area contributed by atoms with Crippen molar-refractivity contribution >= 4 is 33.9 Å². The van der Waals surface area contributed by atoms with Gasteiger partial charge in [-0.1, -0.05) is 24.3 Å². The quantitative estimate of drug-likeness (QED) is 0.263. The average molecular weight is 549 g/mol. The number of fused-ring (bicyclic) bond motifs is 1. The molecule has 0 spiro atoms. The summed E-state index contributed by atoms with van der Waals surface area (Å²) in [7, 11) is 7.95. The Kier molecular flexibility index (Phi) is 10.3. The molecule has 0 amide bonds. The van der Waals surface area contributed by atoms with Crippen LogP contribution in [0.3, 0.4) is 0 Å². The highest BCUT2D eigenvalue weighted by atomic mass is 16.4. The van der Waals surface area contributed by atoms with Crippen LogP contribution in [0, 0.1) is 13.5 Å². The number of nitrogens with one attached hydrogen (secondary N) is 1. The number of pyridine rings is 3. The molecule has 41 heavy (non-hydrogen) atoms. The van der Waals surface area contributed by atoms with Crippen LogP contribution in [0.5, 0.6) is 0 Å². The number of rotatable bonds is 4. The molecule has 9 heteroatoms. The van der Waals surface area contributed by atoms with Crippen LogP contribution in [0.15, 0.2) is 96.1 Å². The normalized spacial score (nSPS) is 9.85. The maximum Gasteiger partial charge on any atom is 0.337 e. The molecule has 2 N–H and O–H groups in total. The molecule has 0 radical (unpaired) electrons. The summed E-state index contributed by atoms with van der Waals surface area (Å²) in [6.45, 7) is 8.40. The molecule has 0 aliphatic carbocycles. The van der Waals surface area contributed by atoms with Crippen molar-refractivity contribution in [2.75, 3.05) is 38.0 Å². The van der Waals surface area contributed by atoms with E-state index in [-0.39, 0.29) is 11.1 Å². The van der Waals surface area contributed by atoms with Crippen LogP contribution in [-0.2, 0) is 0 Å². The summed E-state index contributed by atoms with van der Waals surface area (Å²) in [5, 5.41) is 9.14. The van der Waals surface area contributed by atoms with Crippen molar-refractivity contribution in [3.05, 3.63) is 124 Å². The molecular weight excluding hydrogens is 516 g/mol. The number of carbonyl (C=O) groups is 1. The third-order valence-electron chi connectivity index (χ3n) is 6.04. The number of hydrogen-bond donors (Lipinski definition) is 2. The Morgan fingerprint density at radius 2 is 1.41 bits per heavy atom. The molecule has 9 nitrogen and oxygen atoms in total. The predicted octanol–water partition coefficient (Wildman–Crippen LogP) is 6.05. The van der Waals surface area contributed by atoms with Crippen molar-refractivity contribution in [2.45, 2.75) is 6.92 Å². The summed E-state index contributed by atoms with van der Waals surface area (Å²) in [4.78, 5) is 40.7. The molecule has 0 fully saturated rings. The molecule has 5 rings (SSSR count). The lowest BCUT2D eigenvalue weighted by molar-refractivity contribution is 0.0695. The highest BCUT2D eigenvalue weighted by Gasteiger charge is 2.06. The van der Waals surface area contributed by atoms with Crippen molar-refractivity contribution in [3.63, 3.8) is 0 Å². The first-order valence-electron chi connectivity index (χ1n) is 12.7. The van der Waals surface area contributed by atoms with E-state index in [4.69, 9.17) is 11.7 Å². The fraction of sp³-hybridized carbons (Fsp3) is 0.156. The Hall–Kier alpha value is -5.49. The highest BCUT2D eigenvalue weighted by molar-refractivity contribution is 5.88. The van der Waals surface area contributed by atoms with Gasteiger partial charge in [-0.3, -0.25) is 14.8 Å². The lowest BCUT2D eigenvalue weighted by Crippen LogP contribution is -2.09. The van der Waals surface area contributed by atoms with Gasteiger partial charge >= 0.3 is 5.97 Å². The second-order valence-corrected chi connectivity index (χ2v) is 9.35. The van der Waals surface area contributed by atoms with E-state index < -0.39 is 5.97 Å². The van der Waals surface area contributed by atoms with E-state index in [1.54, 1.807) is 37.5 Å². The lowest BCUT2D eigenvalue weighted by atomic mass is 10.1. The van der Waals surface area contributed by atoms with Gasteiger partial charge in [0.1, 0.15) is 0 Å². The Morgan fingerprint density at radius 1 is 0.854 bits per heavy atom. The number of hydrogen-bond acceptors (Lipinski definition) is 6. The summed E-state index contributed by atoms with van der Waals surface area (Å²) in [6, 6.07) is 24.1. The zero-order valence-corrected chi connectivity index (χ0v) is 23.7. The smallest absolute Gasteiger partial charge is 0.337 e. The van der Waals surface area contributed by atoms with Gasteiger partial charge < -0.3 is 19.9 Å². The standard InChI is InChI=1S/C16H15N3O.C9H10N2.C7H7NO2/c1-19(2)12-7-5-11(6-8-12)14-10-15-13(16(20)18-14)4-3-9-17-15;1-10-8-4-6-9(7-5-8)11(2)3;1-5-6(7(9)10)3-2-4-8-5/h3-10H,1-2H3,(H,18,20);4-7H,2-3H3;2-4H,1H3,(H,9,10). The molecule has 0 aliphatic heterocycles. The third kappa shape index (κ3) is 8.25. The van der Waals surface area contributed by atoms with E-state index >= 15 is 0 Å². The molecular formula is C32H32N6O3. The van der Waals surface area contributed by atoms with Gasteiger partial charge in [0, 0.05) is 52.0 Å². The van der Waals surface area contributed by atoms with Gasteiger partial charge in [0.25, 0.3) is 5.56 Å². The maximum absolute atomic E-state index is 12.0. The molecule has 0 unspecified atom stereocenters. The fourth-order valence-corrected chi connectivity index (χ4v) is 3.72. The minimum atomic E-state index is -0.925. The van der Waals surface area contributed by atoms with Crippen LogP contribution in [-0.4, -0.2) is 54.2 Å². The van der Waals surface area contributed by atoms with Crippen LogP contribution >= 0.6 is 0 Å². The number of aromatic amines is 1. The minimum Gasteiger partial charge on any atom is -0.478 e. The van der Waals surface area contributed by atoms with Gasteiger partial charge in [0.15, 0.2) is 5.69 Å². The predicted molar refractivity (Wildman–Crippen MR) is 165 cm³/mol. The van der Waals surface area contributed by atoms with Crippen molar-refractivity contribution in [1.29, 1.82) is 0 Å². The van der Waals surface area contributed by atoms with Gasteiger partial charge in [-0.15, -0.1) is 0 Å². The summed E-state index contributed by atoms with van der Waals surface area (Å²) in [5.74, 6) is -0.925. The summed E-state index contributed by atoms with van der Waals surface area (Å²) in [5.41, 5.74) is 6.11. The SMILES string of the molecule is CN(C)c1ccc(-c2cc3ncccc3c(=O)[nH]2)cc1.Cc1ncccc1C(=O)O.[C-]#[N+]c1ccc(N(C)C)cc1. The van der Waals surface area contributed by atoms with Gasteiger partial charge in [-0.2, -0.15) is 0 Å². The monoisotopic (exact) mass is 548 g/mol. The topological polar surface area (TPSA) is 107 Å². The molecule has 2 aromatic carbocycles. The van der Waals surface area contributed by atoms with Crippen molar-refractivity contribution in [3.8, 4) is 11.3 Å². The third-order valence-corrected chi connectivity index (χ3v) is 6.04. The van der Waals surface area contributed by atoms with Crippen LogP contribution in [0.4, 0.5) is 17.1 Å². The van der Waals surface area contributed by atoms with Gasteiger partial charge in [0.2, 0.25) is 0 Å². The minimum absolute atomic E-state index is 0.109. The molecule has 0 bridgehead atoms. The van der Waals surface area contributed by atoms with Crippen molar-refractivity contribution in [1.82, 2.24) is 15.0 Å². The molecule has 3 heterocycles. The van der Waals surface area contributed by atoms with Crippen molar-refractivity contribution < 1.29 is 9.90 Å². The second-order valence-electron chi connectivity index (χ2n) is 9.35. The first-order valence-corrected chi connectivity index (χ1v) is 12.7. The van der Waals surface area contributed by atoms with E-state index in [2.05, 4.69) is 19.8 Å². The molecule has 208 valence electrons. The van der Waals surface area contributed by atoms with Crippen LogP contribution in [0.1, 0.15) is 16.1 Å². The Bertz CT molecular complexity index is 1700. The van der Waals surface area contributed by atoms with Crippen molar-refractivity contribution in [2.24, 2.45) is 0 Å². The van der Waals surface area contributed by atoms with E-state index in [9.17, 15) is 9.59 Å². The molecule has 0 aliphatic rings. The van der Waals surface area contributed by atoms with E-state index in [1.165, 1.54) is 6.07 Å². The van der Waals surface area contributed by atoms with Crippen LogP contribution in [0.25, 0.3) is 27.0 Å². The number of benzene rings is 2. The number of aromatic carboxylic acids is 1. The average Bonchev–Trinajstić information content (AvgIpc) is 2.98. The first kappa shape index (κ1) is 30.1. The van der Waals surface area contributed by atoms with Gasteiger partial charge in [-0.05, 0) is 67.1 Å². The van der Waals surface area contributed by atoms with E-state index in [0.717, 1.165) is 22.6 Å².